The van der Waals surface area contributed by atoms with E-state index in [2.05, 4.69) is 15.3 Å². The normalized spacial score (nSPS) is 10.9. The summed E-state index contributed by atoms with van der Waals surface area (Å²) in [7, 11) is 0. The summed E-state index contributed by atoms with van der Waals surface area (Å²) in [5.74, 6) is -0.395. The number of halogens is 2. The number of aliphatic hydroxyl groups is 1. The Morgan fingerprint density at radius 3 is 2.74 bits per heavy atom. The molecule has 4 nitrogen and oxygen atoms in total. The van der Waals surface area contributed by atoms with Gasteiger partial charge in [-0.25, -0.2) is 9.37 Å². The van der Waals surface area contributed by atoms with Crippen LogP contribution in [0.25, 0.3) is 22.2 Å². The summed E-state index contributed by atoms with van der Waals surface area (Å²) in [4.78, 5) is 8.62. The highest BCUT2D eigenvalue weighted by atomic mass is 35.5. The summed E-state index contributed by atoms with van der Waals surface area (Å²) in [6, 6.07) is 15.5. The maximum Gasteiger partial charge on any atom is 0.132 e. The van der Waals surface area contributed by atoms with Crippen molar-refractivity contribution in [2.45, 2.75) is 6.61 Å². The molecule has 0 aliphatic carbocycles. The van der Waals surface area contributed by atoms with E-state index in [4.69, 9.17) is 11.6 Å². The monoisotopic (exact) mass is 379 g/mol. The van der Waals surface area contributed by atoms with Crippen LogP contribution >= 0.6 is 11.6 Å². The van der Waals surface area contributed by atoms with Crippen LogP contribution in [0.5, 0.6) is 0 Å². The number of benzene rings is 2. The van der Waals surface area contributed by atoms with E-state index in [9.17, 15) is 9.50 Å². The van der Waals surface area contributed by atoms with Gasteiger partial charge in [-0.1, -0.05) is 29.8 Å². The van der Waals surface area contributed by atoms with Gasteiger partial charge in [0.1, 0.15) is 5.82 Å². The fourth-order valence-electron chi connectivity index (χ4n) is 2.93. The second-order valence-corrected chi connectivity index (χ2v) is 6.45. The molecule has 27 heavy (non-hydrogen) atoms. The van der Waals surface area contributed by atoms with E-state index < -0.39 is 5.82 Å². The van der Waals surface area contributed by atoms with Crippen LogP contribution in [0.1, 0.15) is 5.56 Å². The lowest BCUT2D eigenvalue weighted by Gasteiger charge is -2.14. The Hall–Kier alpha value is -3.02. The molecule has 4 rings (SSSR count). The van der Waals surface area contributed by atoms with Crippen molar-refractivity contribution in [3.63, 3.8) is 0 Å². The van der Waals surface area contributed by atoms with Gasteiger partial charge in [-0.2, -0.15) is 0 Å². The molecule has 4 aromatic rings. The van der Waals surface area contributed by atoms with Crippen molar-refractivity contribution in [2.75, 3.05) is 5.32 Å². The molecule has 6 heteroatoms. The van der Waals surface area contributed by atoms with E-state index in [1.165, 1.54) is 12.1 Å². The van der Waals surface area contributed by atoms with Crippen molar-refractivity contribution < 1.29 is 9.50 Å². The van der Waals surface area contributed by atoms with E-state index in [-0.39, 0.29) is 6.61 Å². The molecule has 0 spiro atoms. The van der Waals surface area contributed by atoms with Crippen LogP contribution in [-0.4, -0.2) is 15.1 Å². The zero-order valence-electron chi connectivity index (χ0n) is 14.2. The number of nitrogens with zero attached hydrogens (tertiary/aromatic N) is 2. The van der Waals surface area contributed by atoms with Crippen LogP contribution in [0, 0.1) is 5.82 Å². The second kappa shape index (κ2) is 7.31. The molecule has 0 saturated carbocycles. The molecule has 0 atom stereocenters. The predicted octanol–water partition coefficient (Wildman–Crippen LogP) is 5.33. The fraction of sp³-hybridized carbons (Fsp3) is 0.0476. The number of hydrogen-bond donors (Lipinski definition) is 2. The van der Waals surface area contributed by atoms with E-state index in [1.54, 1.807) is 30.6 Å². The van der Waals surface area contributed by atoms with Gasteiger partial charge in [-0.15, -0.1) is 0 Å². The molecule has 0 fully saturated rings. The minimum Gasteiger partial charge on any atom is -0.392 e. The highest BCUT2D eigenvalue weighted by Gasteiger charge is 2.13. The minimum absolute atomic E-state index is 0.144. The minimum atomic E-state index is -0.395. The Bertz CT molecular complexity index is 1130. The van der Waals surface area contributed by atoms with Gasteiger partial charge in [0, 0.05) is 39.6 Å². The van der Waals surface area contributed by atoms with Gasteiger partial charge in [0.2, 0.25) is 0 Å². The molecule has 2 N–H and O–H groups in total. The topological polar surface area (TPSA) is 58.0 Å². The molecule has 2 aromatic heterocycles. The quantitative estimate of drug-likeness (QED) is 0.503. The maximum absolute atomic E-state index is 14.4. The lowest BCUT2D eigenvalue weighted by Crippen LogP contribution is -1.99. The Morgan fingerprint density at radius 2 is 1.89 bits per heavy atom. The predicted molar refractivity (Wildman–Crippen MR) is 106 cm³/mol. The van der Waals surface area contributed by atoms with Crippen molar-refractivity contribution in [2.24, 2.45) is 0 Å². The molecule has 0 aliphatic rings. The Labute approximate surface area is 160 Å². The van der Waals surface area contributed by atoms with Crippen LogP contribution in [0.3, 0.4) is 0 Å². The number of anilines is 2. The molecule has 0 aliphatic heterocycles. The van der Waals surface area contributed by atoms with Gasteiger partial charge < -0.3 is 10.4 Å². The largest absolute Gasteiger partial charge is 0.392 e. The summed E-state index contributed by atoms with van der Waals surface area (Å²) in [6.07, 6.45) is 3.24. The fourth-order valence-corrected chi connectivity index (χ4v) is 3.10. The van der Waals surface area contributed by atoms with Gasteiger partial charge in [0.15, 0.2) is 0 Å². The number of nitrogens with one attached hydrogen (secondary N) is 1. The number of pyridine rings is 2. The second-order valence-electron chi connectivity index (χ2n) is 6.01. The first-order chi connectivity index (χ1) is 13.2. The third kappa shape index (κ3) is 3.47. The highest BCUT2D eigenvalue weighted by Crippen LogP contribution is 2.33. The van der Waals surface area contributed by atoms with Crippen LogP contribution in [0.2, 0.25) is 5.02 Å². The van der Waals surface area contributed by atoms with Gasteiger partial charge >= 0.3 is 0 Å². The molecule has 0 saturated heterocycles. The molecule has 2 heterocycles. The molecule has 0 unspecified atom stereocenters. The molecular formula is C21H15ClFN3O. The number of aromatic nitrogens is 2. The zero-order valence-corrected chi connectivity index (χ0v) is 14.9. The number of para-hydroxylation sites is 1. The summed E-state index contributed by atoms with van der Waals surface area (Å²) in [6.45, 7) is -0.144. The number of fused-ring (bicyclic) bond motifs is 1. The van der Waals surface area contributed by atoms with Crippen molar-refractivity contribution in [1.82, 2.24) is 9.97 Å². The standard InChI is InChI=1S/C21H15ClFN3O/c22-14-5-6-17(23)16(9-14)21-10-20(15-3-1-2-4-19(15)26-21)25-18-7-8-24-11-13(18)12-27/h1-11,27H,12H2,(H,24,25,26). The Balaban J connectivity index is 1.90. The van der Waals surface area contributed by atoms with Crippen LogP contribution in [0.15, 0.2) is 67.0 Å². The zero-order chi connectivity index (χ0) is 18.8. The Kier molecular flexibility index (Phi) is 4.71. The van der Waals surface area contributed by atoms with Crippen molar-refractivity contribution >= 4 is 33.9 Å². The SMILES string of the molecule is OCc1cnccc1Nc1cc(-c2cc(Cl)ccc2F)nc2ccccc12. The van der Waals surface area contributed by atoms with E-state index in [0.717, 1.165) is 22.3 Å². The lowest BCUT2D eigenvalue weighted by atomic mass is 10.1. The molecule has 2 aromatic carbocycles. The van der Waals surface area contributed by atoms with Crippen LogP contribution < -0.4 is 5.32 Å². The smallest absolute Gasteiger partial charge is 0.132 e. The highest BCUT2D eigenvalue weighted by molar-refractivity contribution is 6.30. The first kappa shape index (κ1) is 17.4. The average Bonchev–Trinajstić information content (AvgIpc) is 2.70. The third-order valence-corrected chi connectivity index (χ3v) is 4.50. The first-order valence-corrected chi connectivity index (χ1v) is 8.69. The van der Waals surface area contributed by atoms with Gasteiger partial charge in [0.05, 0.1) is 23.5 Å². The molecule has 0 amide bonds. The number of rotatable bonds is 4. The Morgan fingerprint density at radius 1 is 1.04 bits per heavy atom. The maximum atomic E-state index is 14.4. The van der Waals surface area contributed by atoms with Crippen molar-refractivity contribution in [3.8, 4) is 11.3 Å². The van der Waals surface area contributed by atoms with Crippen LogP contribution in [0.4, 0.5) is 15.8 Å². The number of aliphatic hydroxyl groups excluding tert-OH is 1. The van der Waals surface area contributed by atoms with E-state index >= 15 is 0 Å². The van der Waals surface area contributed by atoms with Gasteiger partial charge in [-0.05, 0) is 36.4 Å². The summed E-state index contributed by atoms with van der Waals surface area (Å²) < 4.78 is 14.4. The van der Waals surface area contributed by atoms with E-state index in [1.807, 2.05) is 24.3 Å². The third-order valence-electron chi connectivity index (χ3n) is 4.26. The summed E-state index contributed by atoms with van der Waals surface area (Å²) >= 11 is 6.05. The average molecular weight is 380 g/mol. The summed E-state index contributed by atoms with van der Waals surface area (Å²) in [5.41, 5.74) is 3.65. The van der Waals surface area contributed by atoms with E-state index in [0.29, 0.717) is 21.8 Å². The molecular weight excluding hydrogens is 365 g/mol. The summed E-state index contributed by atoms with van der Waals surface area (Å²) in [5, 5.41) is 14.2. The van der Waals surface area contributed by atoms with Crippen molar-refractivity contribution in [1.29, 1.82) is 0 Å². The van der Waals surface area contributed by atoms with Crippen molar-refractivity contribution in [3.05, 3.63) is 83.4 Å². The van der Waals surface area contributed by atoms with Crippen LogP contribution in [-0.2, 0) is 6.61 Å². The molecule has 0 bridgehead atoms. The number of hydrogen-bond acceptors (Lipinski definition) is 4. The lowest BCUT2D eigenvalue weighted by molar-refractivity contribution is 0.282. The molecule has 0 radical (unpaired) electrons. The molecule has 134 valence electrons. The van der Waals surface area contributed by atoms with Gasteiger partial charge in [0.25, 0.3) is 0 Å². The first-order valence-electron chi connectivity index (χ1n) is 8.31. The van der Waals surface area contributed by atoms with Gasteiger partial charge in [-0.3, -0.25) is 4.98 Å².